The van der Waals surface area contributed by atoms with Gasteiger partial charge in [0.25, 0.3) is 5.91 Å². The average molecular weight is 355 g/mol. The third-order valence-corrected chi connectivity index (χ3v) is 4.34. The van der Waals surface area contributed by atoms with Gasteiger partial charge in [-0.2, -0.15) is 0 Å². The molecule has 1 aliphatic heterocycles. The van der Waals surface area contributed by atoms with Crippen LogP contribution >= 0.6 is 15.9 Å². The zero-order chi connectivity index (χ0) is 15.4. The zero-order valence-corrected chi connectivity index (χ0v) is 14.5. The number of aromatic nitrogens is 1. The largest absolute Gasteiger partial charge is 0.370 e. The van der Waals surface area contributed by atoms with Gasteiger partial charge in [0.1, 0.15) is 5.82 Å². The van der Waals surface area contributed by atoms with Gasteiger partial charge in [-0.1, -0.05) is 0 Å². The molecule has 0 saturated carbocycles. The normalized spacial score (nSPS) is 16.3. The summed E-state index contributed by atoms with van der Waals surface area (Å²) in [6.45, 7) is 4.36. The fourth-order valence-corrected chi connectivity index (χ4v) is 3.00. The molecule has 1 aliphatic rings. The van der Waals surface area contributed by atoms with Crippen LogP contribution in [0.2, 0.25) is 0 Å². The Hall–Kier alpha value is -1.14. The molecular formula is C15H23BrN4O. The zero-order valence-electron chi connectivity index (χ0n) is 12.9. The molecule has 5 nitrogen and oxygen atoms in total. The predicted molar refractivity (Wildman–Crippen MR) is 88.7 cm³/mol. The van der Waals surface area contributed by atoms with Crippen molar-refractivity contribution >= 4 is 27.7 Å². The lowest BCUT2D eigenvalue weighted by molar-refractivity contribution is 0.0664. The first kappa shape index (κ1) is 16.2. The summed E-state index contributed by atoms with van der Waals surface area (Å²) < 4.78 is 0.829. The third-order valence-electron chi connectivity index (χ3n) is 3.91. The lowest BCUT2D eigenvalue weighted by Crippen LogP contribution is -2.44. The van der Waals surface area contributed by atoms with Crippen LogP contribution in [0.1, 0.15) is 30.1 Å². The summed E-state index contributed by atoms with van der Waals surface area (Å²) in [4.78, 5) is 21.2. The summed E-state index contributed by atoms with van der Waals surface area (Å²) in [5.74, 6) is 0.734. The van der Waals surface area contributed by atoms with Crippen molar-refractivity contribution in [2.75, 3.05) is 39.0 Å². The molecule has 6 heteroatoms. The van der Waals surface area contributed by atoms with E-state index in [9.17, 15) is 4.79 Å². The second-order valence-corrected chi connectivity index (χ2v) is 6.48. The number of halogens is 1. The van der Waals surface area contributed by atoms with E-state index >= 15 is 0 Å². The van der Waals surface area contributed by atoms with E-state index in [2.05, 4.69) is 45.2 Å². The van der Waals surface area contributed by atoms with Crippen molar-refractivity contribution in [3.8, 4) is 0 Å². The van der Waals surface area contributed by atoms with E-state index in [1.54, 1.807) is 6.20 Å². The Morgan fingerprint density at radius 2 is 2.14 bits per heavy atom. The highest BCUT2D eigenvalue weighted by Crippen LogP contribution is 2.22. The minimum atomic E-state index is 0.0666. The molecular weight excluding hydrogens is 332 g/mol. The topological polar surface area (TPSA) is 48.5 Å². The quantitative estimate of drug-likeness (QED) is 0.901. The van der Waals surface area contributed by atoms with Gasteiger partial charge in [-0.15, -0.1) is 0 Å². The summed E-state index contributed by atoms with van der Waals surface area (Å²) >= 11 is 3.40. The average Bonchev–Trinajstić information content (AvgIpc) is 2.48. The number of nitrogens with one attached hydrogen (secondary N) is 1. The van der Waals surface area contributed by atoms with Crippen molar-refractivity contribution in [1.29, 1.82) is 0 Å². The van der Waals surface area contributed by atoms with Gasteiger partial charge in [-0.3, -0.25) is 4.79 Å². The number of pyridine rings is 1. The van der Waals surface area contributed by atoms with Gasteiger partial charge in [-0.25, -0.2) is 4.98 Å². The summed E-state index contributed by atoms with van der Waals surface area (Å²) in [5, 5.41) is 3.16. The number of hydrogen-bond acceptors (Lipinski definition) is 4. The summed E-state index contributed by atoms with van der Waals surface area (Å²) in [6, 6.07) is 2.42. The van der Waals surface area contributed by atoms with Gasteiger partial charge in [0, 0.05) is 36.3 Å². The van der Waals surface area contributed by atoms with Gasteiger partial charge >= 0.3 is 0 Å². The highest BCUT2D eigenvalue weighted by atomic mass is 79.9. The summed E-state index contributed by atoms with van der Waals surface area (Å²) in [6.07, 6.45) is 3.76. The van der Waals surface area contributed by atoms with Gasteiger partial charge in [0.05, 0.1) is 5.56 Å². The lowest BCUT2D eigenvalue weighted by atomic mass is 10.0. The van der Waals surface area contributed by atoms with E-state index in [1.807, 2.05) is 17.9 Å². The van der Waals surface area contributed by atoms with Crippen LogP contribution in [0.5, 0.6) is 0 Å². The summed E-state index contributed by atoms with van der Waals surface area (Å²) in [7, 11) is 4.20. The number of nitrogens with zero attached hydrogens (tertiary/aromatic N) is 3. The molecule has 0 aromatic carbocycles. The van der Waals surface area contributed by atoms with Crippen LogP contribution in [0.25, 0.3) is 0 Å². The van der Waals surface area contributed by atoms with Crippen LogP contribution in [-0.2, 0) is 0 Å². The minimum Gasteiger partial charge on any atom is -0.370 e. The van der Waals surface area contributed by atoms with Crippen molar-refractivity contribution in [2.24, 2.45) is 0 Å². The van der Waals surface area contributed by atoms with Crippen molar-refractivity contribution in [2.45, 2.75) is 25.8 Å². The van der Waals surface area contributed by atoms with Crippen molar-refractivity contribution in [3.05, 3.63) is 22.3 Å². The smallest absolute Gasteiger partial charge is 0.257 e. The number of rotatable bonds is 4. The first-order valence-electron chi connectivity index (χ1n) is 7.38. The van der Waals surface area contributed by atoms with Crippen LogP contribution in [0.15, 0.2) is 16.7 Å². The molecule has 1 aromatic rings. The number of carbonyl (C=O) groups is 1. The summed E-state index contributed by atoms with van der Waals surface area (Å²) in [5.41, 5.74) is 0.648. The van der Waals surface area contributed by atoms with Gasteiger partial charge in [-0.05, 0) is 55.9 Å². The van der Waals surface area contributed by atoms with Crippen LogP contribution in [0, 0.1) is 0 Å². The predicted octanol–water partition coefficient (Wildman–Crippen LogP) is 2.44. The van der Waals surface area contributed by atoms with E-state index in [-0.39, 0.29) is 5.91 Å². The maximum absolute atomic E-state index is 12.7. The van der Waals surface area contributed by atoms with Gasteiger partial charge in [0.15, 0.2) is 0 Å². The molecule has 0 atom stereocenters. The number of anilines is 1. The Morgan fingerprint density at radius 3 is 2.71 bits per heavy atom. The molecule has 0 radical (unpaired) electrons. The number of carbonyl (C=O) groups excluding carboxylic acids is 1. The molecule has 1 aromatic heterocycles. The van der Waals surface area contributed by atoms with Gasteiger partial charge < -0.3 is 15.1 Å². The fourth-order valence-electron chi connectivity index (χ4n) is 2.67. The highest BCUT2D eigenvalue weighted by molar-refractivity contribution is 9.10. The van der Waals surface area contributed by atoms with Crippen molar-refractivity contribution in [1.82, 2.24) is 14.8 Å². The molecule has 2 heterocycles. The molecule has 21 heavy (non-hydrogen) atoms. The van der Waals surface area contributed by atoms with E-state index in [0.717, 1.165) is 36.9 Å². The number of likely N-dealkylation sites (tertiary alicyclic amines) is 1. The van der Waals surface area contributed by atoms with E-state index in [4.69, 9.17) is 0 Å². The first-order chi connectivity index (χ1) is 10.0. The van der Waals surface area contributed by atoms with Gasteiger partial charge in [0.2, 0.25) is 0 Å². The molecule has 1 saturated heterocycles. The minimum absolute atomic E-state index is 0.0666. The Kier molecular flexibility index (Phi) is 5.58. The molecule has 0 spiro atoms. The van der Waals surface area contributed by atoms with E-state index in [0.29, 0.717) is 17.4 Å². The molecule has 2 rings (SSSR count). The molecule has 0 bridgehead atoms. The molecule has 116 valence electrons. The van der Waals surface area contributed by atoms with Crippen LogP contribution in [0.3, 0.4) is 0 Å². The molecule has 1 fully saturated rings. The molecule has 0 unspecified atom stereocenters. The molecule has 0 aliphatic carbocycles. The SMILES string of the molecule is CCNc1ncc(Br)cc1C(=O)N1CCC(N(C)C)CC1. The maximum atomic E-state index is 12.7. The van der Waals surface area contributed by atoms with Crippen molar-refractivity contribution in [3.63, 3.8) is 0 Å². The monoisotopic (exact) mass is 354 g/mol. The molecule has 1 N–H and O–H groups in total. The van der Waals surface area contributed by atoms with E-state index in [1.165, 1.54) is 0 Å². The van der Waals surface area contributed by atoms with Crippen LogP contribution < -0.4 is 5.32 Å². The standard InChI is InChI=1S/C15H23BrN4O/c1-4-17-14-13(9-11(16)10-18-14)15(21)20-7-5-12(6-8-20)19(2)3/h9-10,12H,4-8H2,1-3H3,(H,17,18). The number of amides is 1. The Balaban J connectivity index is 2.12. The Bertz CT molecular complexity index is 498. The number of hydrogen-bond donors (Lipinski definition) is 1. The van der Waals surface area contributed by atoms with Crippen molar-refractivity contribution < 1.29 is 4.79 Å². The number of piperidine rings is 1. The highest BCUT2D eigenvalue weighted by Gasteiger charge is 2.26. The Morgan fingerprint density at radius 1 is 1.48 bits per heavy atom. The third kappa shape index (κ3) is 3.95. The Labute approximate surface area is 134 Å². The fraction of sp³-hybridized carbons (Fsp3) is 0.600. The lowest BCUT2D eigenvalue weighted by Gasteiger charge is -2.35. The second-order valence-electron chi connectivity index (χ2n) is 5.57. The van der Waals surface area contributed by atoms with E-state index < -0.39 is 0 Å². The van der Waals surface area contributed by atoms with Crippen LogP contribution in [0.4, 0.5) is 5.82 Å². The maximum Gasteiger partial charge on any atom is 0.257 e. The molecule has 1 amide bonds. The van der Waals surface area contributed by atoms with Crippen LogP contribution in [-0.4, -0.2) is 60.5 Å². The first-order valence-corrected chi connectivity index (χ1v) is 8.17. The second kappa shape index (κ2) is 7.22.